The van der Waals surface area contributed by atoms with Gasteiger partial charge in [0.25, 0.3) is 0 Å². The van der Waals surface area contributed by atoms with Gasteiger partial charge >= 0.3 is 20.5 Å². The highest BCUT2D eigenvalue weighted by atomic mass is 28.4. The van der Waals surface area contributed by atoms with Gasteiger partial charge in [-0.05, 0) is 32.9 Å². The molecule has 0 bridgehead atoms. The summed E-state index contributed by atoms with van der Waals surface area (Å²) in [5.74, 6) is -0.912. The molecule has 6 nitrogen and oxygen atoms in total. The summed E-state index contributed by atoms with van der Waals surface area (Å²) >= 11 is 0. The van der Waals surface area contributed by atoms with Gasteiger partial charge in [-0.15, -0.1) is 0 Å². The Morgan fingerprint density at radius 3 is 2.05 bits per heavy atom. The Hall–Kier alpha value is -1.44. The van der Waals surface area contributed by atoms with Gasteiger partial charge in [0.05, 0.1) is 6.61 Å². The highest BCUT2D eigenvalue weighted by Gasteiger charge is 2.30. The maximum atomic E-state index is 11.2. The van der Waals surface area contributed by atoms with Crippen molar-refractivity contribution in [2.75, 3.05) is 20.5 Å². The predicted molar refractivity (Wildman–Crippen MR) is 80.7 cm³/mol. The summed E-state index contributed by atoms with van der Waals surface area (Å²) in [5, 5.41) is 0. The van der Waals surface area contributed by atoms with E-state index in [1.807, 2.05) is 6.55 Å². The third-order valence-electron chi connectivity index (χ3n) is 2.69. The highest BCUT2D eigenvalue weighted by molar-refractivity contribution is 6.65. The molecule has 0 aromatic heterocycles. The summed E-state index contributed by atoms with van der Waals surface area (Å²) in [6, 6.07) is 0.609. The molecule has 0 spiro atoms. The van der Waals surface area contributed by atoms with E-state index in [0.29, 0.717) is 23.6 Å². The van der Waals surface area contributed by atoms with Crippen LogP contribution in [0.4, 0.5) is 0 Å². The van der Waals surface area contributed by atoms with Gasteiger partial charge in [-0.1, -0.05) is 13.2 Å². The smallest absolute Gasteiger partial charge is 0.337 e. The summed E-state index contributed by atoms with van der Waals surface area (Å²) in [4.78, 5) is 22.4. The van der Waals surface area contributed by atoms with Crippen LogP contribution in [-0.4, -0.2) is 41.0 Å². The fraction of sp³-hybridized carbons (Fsp3) is 0.571. The van der Waals surface area contributed by atoms with Crippen LogP contribution in [0.5, 0.6) is 0 Å². The van der Waals surface area contributed by atoms with Crippen LogP contribution in [-0.2, 0) is 27.9 Å². The lowest BCUT2D eigenvalue weighted by atomic mass is 10.4. The lowest BCUT2D eigenvalue weighted by molar-refractivity contribution is -0.146. The maximum absolute atomic E-state index is 11.2. The first kappa shape index (κ1) is 19.6. The molecule has 120 valence electrons. The zero-order valence-electron chi connectivity index (χ0n) is 13.2. The van der Waals surface area contributed by atoms with Gasteiger partial charge in [-0.2, -0.15) is 0 Å². The lowest BCUT2D eigenvalue weighted by Gasteiger charge is -2.24. The molecular weight excluding hydrogens is 292 g/mol. The van der Waals surface area contributed by atoms with Gasteiger partial charge in [-0.3, -0.25) is 0 Å². The third-order valence-corrected chi connectivity index (χ3v) is 5.55. The molecule has 0 N–H and O–H groups in total. The largest absolute Gasteiger partial charge is 0.462 e. The minimum Gasteiger partial charge on any atom is -0.462 e. The molecule has 0 aromatic carbocycles. The van der Waals surface area contributed by atoms with E-state index >= 15 is 0 Å². The van der Waals surface area contributed by atoms with Gasteiger partial charge in [0.15, 0.2) is 6.79 Å². The van der Waals surface area contributed by atoms with E-state index in [1.54, 1.807) is 21.0 Å². The molecule has 0 aliphatic heterocycles. The quantitative estimate of drug-likeness (QED) is 0.202. The van der Waals surface area contributed by atoms with Crippen LogP contribution >= 0.6 is 0 Å². The predicted octanol–water partition coefficient (Wildman–Crippen LogP) is 2.31. The molecule has 0 aromatic rings. The van der Waals surface area contributed by atoms with Crippen molar-refractivity contribution in [3.63, 3.8) is 0 Å². The fourth-order valence-corrected chi connectivity index (χ4v) is 2.81. The average molecular weight is 316 g/mol. The van der Waals surface area contributed by atoms with E-state index < -0.39 is 20.5 Å². The molecule has 0 aliphatic rings. The van der Waals surface area contributed by atoms with E-state index in [1.165, 1.54) is 0 Å². The van der Waals surface area contributed by atoms with Gasteiger partial charge in [-0.25, -0.2) is 9.59 Å². The number of hydrogen-bond acceptors (Lipinski definition) is 6. The Morgan fingerprint density at radius 2 is 1.57 bits per heavy atom. The molecule has 1 atom stereocenters. The Labute approximate surface area is 127 Å². The van der Waals surface area contributed by atoms with E-state index in [-0.39, 0.29) is 13.4 Å². The number of ether oxygens (including phenoxy) is 2. The van der Waals surface area contributed by atoms with Crippen LogP contribution in [0.15, 0.2) is 24.3 Å². The van der Waals surface area contributed by atoms with Gasteiger partial charge in [0, 0.05) is 18.3 Å². The Balaban J connectivity index is 4.05. The molecule has 21 heavy (non-hydrogen) atoms. The van der Waals surface area contributed by atoms with E-state index in [4.69, 9.17) is 18.3 Å². The SMILES string of the molecule is C=C(C)C(=O)OCCC[Si](C)(OC)OCOC(=O)C(=C)C. The number of esters is 2. The van der Waals surface area contributed by atoms with Gasteiger partial charge < -0.3 is 18.3 Å². The molecular formula is C14H24O6Si. The van der Waals surface area contributed by atoms with Crippen molar-refractivity contribution in [1.82, 2.24) is 0 Å². The first-order valence-electron chi connectivity index (χ1n) is 6.56. The van der Waals surface area contributed by atoms with Crippen molar-refractivity contribution in [1.29, 1.82) is 0 Å². The summed E-state index contributed by atoms with van der Waals surface area (Å²) in [7, 11) is -0.896. The Morgan fingerprint density at radius 1 is 1.05 bits per heavy atom. The first-order chi connectivity index (χ1) is 9.72. The van der Waals surface area contributed by atoms with Crippen molar-refractivity contribution < 1.29 is 27.9 Å². The number of hydrogen-bond donors (Lipinski definition) is 0. The molecule has 0 saturated carbocycles. The normalized spacial score (nSPS) is 13.1. The molecule has 1 unspecified atom stereocenters. The number of carbonyl (C=O) groups is 2. The van der Waals surface area contributed by atoms with E-state index in [2.05, 4.69) is 13.2 Å². The topological polar surface area (TPSA) is 71.1 Å². The van der Waals surface area contributed by atoms with Crippen LogP contribution < -0.4 is 0 Å². The van der Waals surface area contributed by atoms with Crippen LogP contribution in [0.1, 0.15) is 20.3 Å². The van der Waals surface area contributed by atoms with E-state index in [0.717, 1.165) is 0 Å². The second kappa shape index (κ2) is 9.49. The monoisotopic (exact) mass is 316 g/mol. The zero-order chi connectivity index (χ0) is 16.5. The molecule has 0 fully saturated rings. The lowest BCUT2D eigenvalue weighted by Crippen LogP contribution is -2.38. The molecule has 0 radical (unpaired) electrons. The van der Waals surface area contributed by atoms with Crippen molar-refractivity contribution in [2.45, 2.75) is 32.9 Å². The van der Waals surface area contributed by atoms with E-state index in [9.17, 15) is 9.59 Å². The van der Waals surface area contributed by atoms with Crippen molar-refractivity contribution >= 4 is 20.5 Å². The zero-order valence-corrected chi connectivity index (χ0v) is 14.2. The third kappa shape index (κ3) is 8.44. The minimum atomic E-state index is -2.44. The minimum absolute atomic E-state index is 0.173. The molecule has 0 aliphatic carbocycles. The van der Waals surface area contributed by atoms with Crippen molar-refractivity contribution in [2.24, 2.45) is 0 Å². The summed E-state index contributed by atoms with van der Waals surface area (Å²) < 4.78 is 20.8. The van der Waals surface area contributed by atoms with Gasteiger partial charge in [0.1, 0.15) is 0 Å². The van der Waals surface area contributed by atoms with Crippen LogP contribution in [0.2, 0.25) is 12.6 Å². The first-order valence-corrected chi connectivity index (χ1v) is 9.08. The summed E-state index contributed by atoms with van der Waals surface area (Å²) in [6.45, 7) is 12.1. The standard InChI is InChI=1S/C14H24O6Si/c1-11(2)13(15)18-8-7-9-21(6,17-5)20-10-19-14(16)12(3)4/h1,3,7-10H2,2,4-6H3. The van der Waals surface area contributed by atoms with Gasteiger partial charge in [0.2, 0.25) is 0 Å². The molecule has 0 saturated heterocycles. The Kier molecular flexibility index (Phi) is 8.83. The molecule has 0 heterocycles. The highest BCUT2D eigenvalue weighted by Crippen LogP contribution is 2.15. The van der Waals surface area contributed by atoms with Crippen LogP contribution in [0, 0.1) is 0 Å². The van der Waals surface area contributed by atoms with Crippen molar-refractivity contribution in [3.05, 3.63) is 24.3 Å². The summed E-state index contributed by atoms with van der Waals surface area (Å²) in [5.41, 5.74) is 0.677. The number of carbonyl (C=O) groups excluding carboxylic acids is 2. The summed E-state index contributed by atoms with van der Waals surface area (Å²) in [6.07, 6.45) is 0.601. The Bertz CT molecular complexity index is 406. The van der Waals surface area contributed by atoms with Crippen molar-refractivity contribution in [3.8, 4) is 0 Å². The second-order valence-electron chi connectivity index (χ2n) is 4.83. The second-order valence-corrected chi connectivity index (χ2v) is 8.30. The molecule has 0 rings (SSSR count). The van der Waals surface area contributed by atoms with Crippen LogP contribution in [0.3, 0.4) is 0 Å². The molecule has 0 amide bonds. The average Bonchev–Trinajstić information content (AvgIpc) is 2.42. The fourth-order valence-electron chi connectivity index (χ4n) is 1.25. The maximum Gasteiger partial charge on any atom is 0.337 e. The number of rotatable bonds is 10. The molecule has 7 heteroatoms. The van der Waals surface area contributed by atoms with Crippen LogP contribution in [0.25, 0.3) is 0 Å².